The lowest BCUT2D eigenvalue weighted by molar-refractivity contribution is -0.880. The van der Waals surface area contributed by atoms with Crippen LogP contribution in [0.4, 0.5) is 0 Å². The Bertz CT molecular complexity index is 197. The van der Waals surface area contributed by atoms with Gasteiger partial charge in [0.1, 0.15) is 8.07 Å². The van der Waals surface area contributed by atoms with E-state index < -0.39 is 14.0 Å². The van der Waals surface area contributed by atoms with E-state index in [9.17, 15) is 4.79 Å². The number of carboxylic acids is 1. The number of aliphatic carboxylic acids is 1. The first-order valence-electron chi connectivity index (χ1n) is 5.16. The van der Waals surface area contributed by atoms with E-state index in [0.717, 1.165) is 17.4 Å². The van der Waals surface area contributed by atoms with E-state index in [2.05, 4.69) is 33.7 Å². The Morgan fingerprint density at radius 1 is 1.29 bits per heavy atom. The Morgan fingerprint density at radius 3 is 2.14 bits per heavy atom. The minimum absolute atomic E-state index is 0.299. The van der Waals surface area contributed by atoms with Crippen LogP contribution >= 0.6 is 0 Å². The molecule has 14 heavy (non-hydrogen) atoms. The average Bonchev–Trinajstić information content (AvgIpc) is 1.78. The van der Waals surface area contributed by atoms with Crippen LogP contribution in [0.15, 0.2) is 0 Å². The second kappa shape index (κ2) is 4.93. The van der Waals surface area contributed by atoms with Gasteiger partial charge in [-0.3, -0.25) is 4.79 Å². The smallest absolute Gasteiger partial charge is 0.303 e. The molecule has 0 aliphatic heterocycles. The number of hydrogen-bond acceptors (Lipinski definition) is 1. The van der Waals surface area contributed by atoms with E-state index in [4.69, 9.17) is 5.11 Å². The third kappa shape index (κ3) is 8.25. The molecule has 0 aromatic carbocycles. The fourth-order valence-corrected chi connectivity index (χ4v) is 4.75. The van der Waals surface area contributed by atoms with Gasteiger partial charge in [0.05, 0.1) is 33.2 Å². The number of carbonyl (C=O) groups is 1. The van der Waals surface area contributed by atoms with Crippen molar-refractivity contribution in [1.29, 1.82) is 0 Å². The highest BCUT2D eigenvalue weighted by Gasteiger charge is 2.25. The van der Waals surface area contributed by atoms with E-state index >= 15 is 0 Å². The summed E-state index contributed by atoms with van der Waals surface area (Å²) in [5, 5.41) is 8.54. The van der Waals surface area contributed by atoms with Crippen molar-refractivity contribution < 1.29 is 14.4 Å². The molecule has 0 aliphatic carbocycles. The van der Waals surface area contributed by atoms with Gasteiger partial charge >= 0.3 is 5.97 Å². The molecular formula is C10H24NO2Si+. The monoisotopic (exact) mass is 218 g/mol. The van der Waals surface area contributed by atoms with Gasteiger partial charge in [0, 0.05) is 6.42 Å². The Balaban J connectivity index is 3.89. The fraction of sp³-hybridized carbons (Fsp3) is 0.900. The van der Waals surface area contributed by atoms with Gasteiger partial charge in [-0.05, 0) is 0 Å². The second-order valence-electron chi connectivity index (χ2n) is 5.88. The maximum atomic E-state index is 10.4. The highest BCUT2D eigenvalue weighted by molar-refractivity contribution is 6.75. The van der Waals surface area contributed by atoms with Crippen LogP contribution in [0.25, 0.3) is 0 Å². The van der Waals surface area contributed by atoms with E-state index in [1.807, 2.05) is 0 Å². The van der Waals surface area contributed by atoms with Gasteiger partial charge in [-0.15, -0.1) is 0 Å². The molecule has 0 aliphatic rings. The molecule has 0 bridgehead atoms. The average molecular weight is 218 g/mol. The summed E-state index contributed by atoms with van der Waals surface area (Å²) in [6, 6.07) is 0. The molecule has 0 rings (SSSR count). The van der Waals surface area contributed by atoms with Crippen molar-refractivity contribution in [2.24, 2.45) is 0 Å². The molecule has 4 heteroatoms. The molecule has 0 aromatic heterocycles. The zero-order valence-electron chi connectivity index (χ0n) is 10.1. The van der Waals surface area contributed by atoms with Gasteiger partial charge < -0.3 is 9.59 Å². The van der Waals surface area contributed by atoms with Crippen LogP contribution in [0, 0.1) is 0 Å². The van der Waals surface area contributed by atoms with Crippen LogP contribution in [0.5, 0.6) is 0 Å². The van der Waals surface area contributed by atoms with E-state index in [0.29, 0.717) is 6.42 Å². The quantitative estimate of drug-likeness (QED) is 0.545. The summed E-state index contributed by atoms with van der Waals surface area (Å²) in [4.78, 5) is 10.4. The van der Waals surface area contributed by atoms with Crippen molar-refractivity contribution in [1.82, 2.24) is 0 Å². The summed E-state index contributed by atoms with van der Waals surface area (Å²) in [5.74, 6) is -0.682. The molecular weight excluding hydrogens is 194 g/mol. The predicted octanol–water partition coefficient (Wildman–Crippen LogP) is 1.80. The molecule has 0 saturated carbocycles. The minimum Gasteiger partial charge on any atom is -0.481 e. The Hall–Kier alpha value is -0.353. The van der Waals surface area contributed by atoms with Crippen molar-refractivity contribution in [2.75, 3.05) is 26.8 Å². The fourth-order valence-electron chi connectivity index (χ4n) is 2.02. The summed E-state index contributed by atoms with van der Waals surface area (Å²) in [5.41, 5.74) is 0. The molecule has 84 valence electrons. The van der Waals surface area contributed by atoms with Crippen molar-refractivity contribution in [2.45, 2.75) is 32.5 Å². The van der Waals surface area contributed by atoms with E-state index in [1.54, 1.807) is 0 Å². The molecule has 0 heterocycles. The summed E-state index contributed by atoms with van der Waals surface area (Å²) in [6.07, 6.45) is 2.30. The van der Waals surface area contributed by atoms with Gasteiger partial charge in [-0.25, -0.2) is 0 Å². The normalized spacial score (nSPS) is 12.9. The molecule has 0 saturated heterocycles. The van der Waals surface area contributed by atoms with Gasteiger partial charge in [0.15, 0.2) is 0 Å². The van der Waals surface area contributed by atoms with Crippen LogP contribution < -0.4 is 0 Å². The van der Waals surface area contributed by atoms with Gasteiger partial charge in [0.25, 0.3) is 0 Å². The molecule has 1 N–H and O–H groups in total. The summed E-state index contributed by atoms with van der Waals surface area (Å²) in [6.45, 7) is 8.02. The van der Waals surface area contributed by atoms with Gasteiger partial charge in [-0.2, -0.15) is 0 Å². The first kappa shape index (κ1) is 13.6. The molecule has 0 aromatic rings. The number of hydrogen-bond donors (Lipinski definition) is 1. The zero-order chi connectivity index (χ0) is 11.4. The number of carboxylic acid groups (broad SMARTS) is 1. The van der Waals surface area contributed by atoms with Crippen molar-refractivity contribution in [3.63, 3.8) is 0 Å². The molecule has 0 spiro atoms. The van der Waals surface area contributed by atoms with Crippen LogP contribution in [0.1, 0.15) is 12.8 Å². The molecule has 0 fully saturated rings. The maximum Gasteiger partial charge on any atom is 0.303 e. The van der Waals surface area contributed by atoms with Gasteiger partial charge in [0.2, 0.25) is 0 Å². The van der Waals surface area contributed by atoms with Crippen LogP contribution in [-0.2, 0) is 4.79 Å². The highest BCUT2D eigenvalue weighted by Crippen LogP contribution is 2.10. The first-order chi connectivity index (χ1) is 6.12. The van der Waals surface area contributed by atoms with Crippen LogP contribution in [0.3, 0.4) is 0 Å². The van der Waals surface area contributed by atoms with Gasteiger partial charge in [-0.1, -0.05) is 19.6 Å². The second-order valence-corrected chi connectivity index (χ2v) is 11.3. The number of rotatable bonds is 6. The highest BCUT2D eigenvalue weighted by atomic mass is 28.3. The molecule has 0 atom stereocenters. The minimum atomic E-state index is -1.05. The lowest BCUT2D eigenvalue weighted by Crippen LogP contribution is -2.50. The SMILES string of the molecule is C[N+](C)(CCCC(=O)O)C[Si](C)(C)C. The molecule has 0 radical (unpaired) electrons. The lowest BCUT2D eigenvalue weighted by atomic mass is 10.3. The summed E-state index contributed by atoms with van der Waals surface area (Å²) < 4.78 is 0.961. The number of nitrogens with zero attached hydrogens (tertiary/aromatic N) is 1. The standard InChI is InChI=1S/C10H23NO2Si/c1-11(2,9-14(3,4)5)8-6-7-10(12)13/h6-9H2,1-5H3/p+1. The van der Waals surface area contributed by atoms with Crippen molar-refractivity contribution >= 4 is 14.0 Å². The Morgan fingerprint density at radius 2 is 1.79 bits per heavy atom. The summed E-state index contributed by atoms with van der Waals surface area (Å²) >= 11 is 0. The Kier molecular flexibility index (Phi) is 4.81. The maximum absolute atomic E-state index is 10.4. The predicted molar refractivity (Wildman–Crippen MR) is 62.1 cm³/mol. The largest absolute Gasteiger partial charge is 0.481 e. The molecule has 0 unspecified atom stereocenters. The van der Waals surface area contributed by atoms with Crippen molar-refractivity contribution in [3.8, 4) is 0 Å². The van der Waals surface area contributed by atoms with Crippen molar-refractivity contribution in [3.05, 3.63) is 0 Å². The van der Waals surface area contributed by atoms with Crippen LogP contribution in [0.2, 0.25) is 19.6 Å². The third-order valence-electron chi connectivity index (χ3n) is 2.06. The zero-order valence-corrected chi connectivity index (χ0v) is 11.1. The molecule has 3 nitrogen and oxygen atoms in total. The number of quaternary nitrogens is 1. The summed E-state index contributed by atoms with van der Waals surface area (Å²) in [7, 11) is 3.34. The lowest BCUT2D eigenvalue weighted by Gasteiger charge is -2.34. The first-order valence-corrected chi connectivity index (χ1v) is 8.87. The van der Waals surface area contributed by atoms with E-state index in [-0.39, 0.29) is 0 Å². The topological polar surface area (TPSA) is 37.3 Å². The third-order valence-corrected chi connectivity index (χ3v) is 3.86. The Labute approximate surface area is 88.3 Å². The van der Waals surface area contributed by atoms with Crippen LogP contribution in [-0.4, -0.2) is 50.4 Å². The molecule has 0 amide bonds. The van der Waals surface area contributed by atoms with E-state index in [1.165, 1.54) is 6.17 Å².